The molecule has 0 saturated carbocycles. The zero-order valence-electron chi connectivity index (χ0n) is 19.0. The molecule has 0 amide bonds. The second kappa shape index (κ2) is 8.14. The van der Waals surface area contributed by atoms with E-state index in [1.54, 1.807) is 9.37 Å². The first-order valence-corrected chi connectivity index (χ1v) is 16.0. The Morgan fingerprint density at radius 3 is 0.714 bits per heavy atom. The van der Waals surface area contributed by atoms with Gasteiger partial charge in [0, 0.05) is 0 Å². The Morgan fingerprint density at radius 1 is 0.357 bits per heavy atom. The van der Waals surface area contributed by atoms with Crippen molar-refractivity contribution in [3.05, 3.63) is 86.5 Å². The van der Waals surface area contributed by atoms with E-state index < -0.39 is 22.7 Å². The van der Waals surface area contributed by atoms with Crippen molar-refractivity contribution in [2.75, 3.05) is 0 Å². The Hall–Kier alpha value is -1.42. The normalized spacial score (nSPS) is 11.4. The summed E-state index contributed by atoms with van der Waals surface area (Å²) in [4.78, 5) is 0. The molecule has 0 nitrogen and oxygen atoms in total. The van der Waals surface area contributed by atoms with E-state index in [9.17, 15) is 0 Å². The SMILES string of the molecule is Cc1cc(C)[c]([Pb]([c]2c(C)cc(C)cc2C)[c]2c(C)cc(C)cc2C)c(C)c1. The monoisotopic (exact) mass is 565 g/mol. The zero-order chi connectivity index (χ0) is 20.7. The Bertz CT molecular complexity index is 850. The van der Waals surface area contributed by atoms with Crippen LogP contribution in [0.2, 0.25) is 0 Å². The van der Waals surface area contributed by atoms with Crippen molar-refractivity contribution in [1.29, 1.82) is 0 Å². The quantitative estimate of drug-likeness (QED) is 0.394. The van der Waals surface area contributed by atoms with Crippen LogP contribution in [0.4, 0.5) is 0 Å². The van der Waals surface area contributed by atoms with Crippen LogP contribution in [0.1, 0.15) is 50.1 Å². The third-order valence-electron chi connectivity index (χ3n) is 5.78. The van der Waals surface area contributed by atoms with Crippen molar-refractivity contribution in [2.24, 2.45) is 0 Å². The molecule has 3 rings (SSSR count). The Labute approximate surface area is 180 Å². The molecule has 0 aliphatic heterocycles. The van der Waals surface area contributed by atoms with Gasteiger partial charge < -0.3 is 0 Å². The van der Waals surface area contributed by atoms with Crippen LogP contribution in [0, 0.1) is 62.3 Å². The van der Waals surface area contributed by atoms with Crippen LogP contribution in [0.15, 0.2) is 36.4 Å². The number of benzene rings is 3. The molecule has 1 radical (unpaired) electrons. The molecule has 0 aromatic heterocycles. The first kappa shape index (κ1) is 21.3. The summed E-state index contributed by atoms with van der Waals surface area (Å²) in [5.41, 5.74) is 13.0. The Balaban J connectivity index is 2.45. The van der Waals surface area contributed by atoms with Gasteiger partial charge in [-0.05, 0) is 0 Å². The van der Waals surface area contributed by atoms with Crippen molar-refractivity contribution < 1.29 is 0 Å². The van der Waals surface area contributed by atoms with Crippen LogP contribution in [0.5, 0.6) is 0 Å². The molecule has 0 aliphatic rings. The van der Waals surface area contributed by atoms with Crippen molar-refractivity contribution in [3.8, 4) is 0 Å². The van der Waals surface area contributed by atoms with Gasteiger partial charge in [0.05, 0.1) is 0 Å². The fourth-order valence-electron chi connectivity index (χ4n) is 5.10. The van der Waals surface area contributed by atoms with Gasteiger partial charge in [0.2, 0.25) is 0 Å². The van der Waals surface area contributed by atoms with E-state index in [4.69, 9.17) is 0 Å². The van der Waals surface area contributed by atoms with Gasteiger partial charge in [-0.25, -0.2) is 0 Å². The van der Waals surface area contributed by atoms with Gasteiger partial charge in [-0.1, -0.05) is 0 Å². The fourth-order valence-corrected chi connectivity index (χ4v) is 18.9. The molecule has 0 spiro atoms. The van der Waals surface area contributed by atoms with Gasteiger partial charge in [0.25, 0.3) is 0 Å². The predicted octanol–water partition coefficient (Wildman–Crippen LogP) is 4.98. The fraction of sp³-hybridized carbons (Fsp3) is 0.333. The molecular weight excluding hydrogens is 531 g/mol. The average Bonchev–Trinajstić information content (AvgIpc) is 2.51. The summed E-state index contributed by atoms with van der Waals surface area (Å²) in [5.74, 6) is 0. The molecule has 0 atom stereocenters. The van der Waals surface area contributed by atoms with Crippen LogP contribution >= 0.6 is 0 Å². The molecular formula is C27H33Pb. The molecule has 0 unspecified atom stereocenters. The minimum absolute atomic E-state index is 1.37. The van der Waals surface area contributed by atoms with Gasteiger partial charge in [-0.15, -0.1) is 0 Å². The van der Waals surface area contributed by atoms with Crippen molar-refractivity contribution >= 4 is 32.1 Å². The first-order chi connectivity index (χ1) is 13.1. The van der Waals surface area contributed by atoms with E-state index >= 15 is 0 Å². The summed E-state index contributed by atoms with van der Waals surface area (Å²) >= 11 is -2.61. The van der Waals surface area contributed by atoms with Crippen LogP contribution in [0.25, 0.3) is 0 Å². The topological polar surface area (TPSA) is 0 Å². The van der Waals surface area contributed by atoms with Gasteiger partial charge in [-0.3, -0.25) is 0 Å². The summed E-state index contributed by atoms with van der Waals surface area (Å²) in [6.45, 7) is 20.7. The third-order valence-corrected chi connectivity index (χ3v) is 20.8. The van der Waals surface area contributed by atoms with E-state index in [1.165, 1.54) is 50.1 Å². The van der Waals surface area contributed by atoms with Crippen molar-refractivity contribution in [2.45, 2.75) is 62.3 Å². The standard InChI is InChI=1S/3C9H11.Pb/c3*1-7-4-8(2)6-9(3)5-7;/h3*4-5H,1-3H3;. The summed E-state index contributed by atoms with van der Waals surface area (Å²) in [6, 6.07) is 14.4. The molecule has 0 N–H and O–H groups in total. The first-order valence-electron chi connectivity index (χ1n) is 10.2. The molecule has 145 valence electrons. The number of aryl methyl sites for hydroxylation is 9. The predicted molar refractivity (Wildman–Crippen MR) is 127 cm³/mol. The second-order valence-corrected chi connectivity index (χ2v) is 17.4. The Morgan fingerprint density at radius 2 is 0.536 bits per heavy atom. The molecule has 0 bridgehead atoms. The van der Waals surface area contributed by atoms with Crippen LogP contribution in [-0.2, 0) is 0 Å². The molecule has 3 aromatic rings. The summed E-state index contributed by atoms with van der Waals surface area (Å²) < 4.78 is 5.04. The molecule has 3 aromatic carbocycles. The average molecular weight is 565 g/mol. The van der Waals surface area contributed by atoms with Crippen LogP contribution in [-0.4, -0.2) is 22.7 Å². The van der Waals surface area contributed by atoms with Crippen LogP contribution in [0.3, 0.4) is 0 Å². The zero-order valence-corrected chi connectivity index (χ0v) is 22.9. The summed E-state index contributed by atoms with van der Waals surface area (Å²) in [6.07, 6.45) is 0. The molecule has 0 fully saturated rings. The second-order valence-electron chi connectivity index (χ2n) is 8.70. The third kappa shape index (κ3) is 3.98. The minimum atomic E-state index is -2.61. The molecule has 0 aliphatic carbocycles. The van der Waals surface area contributed by atoms with E-state index in [2.05, 4.69) is 98.7 Å². The van der Waals surface area contributed by atoms with Gasteiger partial charge >= 0.3 is 181 Å². The van der Waals surface area contributed by atoms with Crippen molar-refractivity contribution in [3.63, 3.8) is 0 Å². The number of hydrogen-bond acceptors (Lipinski definition) is 0. The maximum atomic E-state index is 2.39. The molecule has 0 saturated heterocycles. The molecule has 0 heterocycles. The van der Waals surface area contributed by atoms with Gasteiger partial charge in [0.1, 0.15) is 0 Å². The Kier molecular flexibility index (Phi) is 6.19. The van der Waals surface area contributed by atoms with E-state index in [0.717, 1.165) is 0 Å². The van der Waals surface area contributed by atoms with Crippen LogP contribution < -0.4 is 9.37 Å². The number of hydrogen-bond donors (Lipinski definition) is 0. The molecule has 28 heavy (non-hydrogen) atoms. The van der Waals surface area contributed by atoms with Gasteiger partial charge in [0.15, 0.2) is 0 Å². The van der Waals surface area contributed by atoms with E-state index in [0.29, 0.717) is 0 Å². The maximum absolute atomic E-state index is 2.61. The summed E-state index contributed by atoms with van der Waals surface area (Å²) in [7, 11) is 0. The summed E-state index contributed by atoms with van der Waals surface area (Å²) in [5, 5.41) is 0. The van der Waals surface area contributed by atoms with E-state index in [1.807, 2.05) is 0 Å². The number of rotatable bonds is 3. The van der Waals surface area contributed by atoms with E-state index in [-0.39, 0.29) is 0 Å². The molecule has 1 heteroatoms. The van der Waals surface area contributed by atoms with Crippen molar-refractivity contribution in [1.82, 2.24) is 0 Å². The van der Waals surface area contributed by atoms with Gasteiger partial charge in [-0.2, -0.15) is 0 Å².